The molecule has 1 amide bonds. The zero-order chi connectivity index (χ0) is 17.8. The van der Waals surface area contributed by atoms with Gasteiger partial charge >= 0.3 is 0 Å². The lowest BCUT2D eigenvalue weighted by Crippen LogP contribution is -2.43. The van der Waals surface area contributed by atoms with Crippen LogP contribution in [0, 0.1) is 12.8 Å². The minimum absolute atomic E-state index is 0.0459. The highest BCUT2D eigenvalue weighted by Crippen LogP contribution is 2.22. The van der Waals surface area contributed by atoms with Crippen molar-refractivity contribution >= 4 is 16.8 Å². The molecule has 1 aromatic heterocycles. The number of hydrogen-bond donors (Lipinski definition) is 3. The van der Waals surface area contributed by atoms with Crippen LogP contribution in [0.15, 0.2) is 24.4 Å². The average Bonchev–Trinajstić information content (AvgIpc) is 2.99. The molecule has 1 aromatic carbocycles. The van der Waals surface area contributed by atoms with Crippen LogP contribution >= 0.6 is 0 Å². The number of carbonyl (C=O) groups excluding carboxylic acids is 1. The van der Waals surface area contributed by atoms with Gasteiger partial charge in [0.05, 0.1) is 12.5 Å². The summed E-state index contributed by atoms with van der Waals surface area (Å²) in [5.74, 6) is 0.739. The normalized spacial score (nSPS) is 17.7. The third-order valence-electron chi connectivity index (χ3n) is 5.23. The number of aromatic amines is 1. The van der Waals surface area contributed by atoms with Crippen LogP contribution < -0.4 is 5.32 Å². The van der Waals surface area contributed by atoms with Crippen LogP contribution in [0.25, 0.3) is 10.9 Å². The van der Waals surface area contributed by atoms with E-state index in [4.69, 9.17) is 0 Å². The van der Waals surface area contributed by atoms with Crippen LogP contribution in [0.5, 0.6) is 0 Å². The maximum Gasteiger partial charge on any atom is 0.224 e. The summed E-state index contributed by atoms with van der Waals surface area (Å²) in [6.45, 7) is 7.37. The summed E-state index contributed by atoms with van der Waals surface area (Å²) in [5.41, 5.74) is 3.23. The molecule has 2 aromatic rings. The Balaban J connectivity index is 1.47. The van der Waals surface area contributed by atoms with Crippen LogP contribution in [0.1, 0.15) is 30.9 Å². The molecule has 1 unspecified atom stereocenters. The molecule has 3 N–H and O–H groups in total. The SMILES string of the molecule is Cc1cccc2[nH]cc(CC(=O)NCC(O)CN3CCC(C)CC3)c12. The Labute approximate surface area is 149 Å². The van der Waals surface area contributed by atoms with E-state index < -0.39 is 6.10 Å². The minimum Gasteiger partial charge on any atom is -0.390 e. The molecular formula is C20H29N3O2. The number of aliphatic hydroxyl groups is 1. The second kappa shape index (κ2) is 8.02. The molecule has 0 bridgehead atoms. The monoisotopic (exact) mass is 343 g/mol. The number of β-amino-alcohol motifs (C(OH)–C–C–N with tert-alkyl or cyclic N) is 1. The van der Waals surface area contributed by atoms with Gasteiger partial charge in [0.25, 0.3) is 0 Å². The molecule has 3 rings (SSSR count). The zero-order valence-corrected chi connectivity index (χ0v) is 15.2. The van der Waals surface area contributed by atoms with Crippen LogP contribution in [0.4, 0.5) is 0 Å². The number of H-pyrrole nitrogens is 1. The number of piperidine rings is 1. The third kappa shape index (κ3) is 4.61. The number of aliphatic hydroxyl groups excluding tert-OH is 1. The van der Waals surface area contributed by atoms with Gasteiger partial charge in [0, 0.05) is 30.2 Å². The van der Waals surface area contributed by atoms with E-state index in [0.717, 1.165) is 35.5 Å². The molecule has 1 aliphatic heterocycles. The lowest BCUT2D eigenvalue weighted by Gasteiger charge is -2.31. The van der Waals surface area contributed by atoms with Crippen molar-refractivity contribution in [1.82, 2.24) is 15.2 Å². The highest BCUT2D eigenvalue weighted by atomic mass is 16.3. The Hall–Kier alpha value is -1.85. The van der Waals surface area contributed by atoms with E-state index in [0.29, 0.717) is 19.5 Å². The smallest absolute Gasteiger partial charge is 0.224 e. The van der Waals surface area contributed by atoms with Crippen molar-refractivity contribution in [3.63, 3.8) is 0 Å². The molecule has 1 atom stereocenters. The molecule has 0 spiro atoms. The Morgan fingerprint density at radius 2 is 2.16 bits per heavy atom. The number of nitrogens with one attached hydrogen (secondary N) is 2. The first-order valence-corrected chi connectivity index (χ1v) is 9.25. The van der Waals surface area contributed by atoms with Crippen molar-refractivity contribution in [2.45, 2.75) is 39.2 Å². The highest BCUT2D eigenvalue weighted by Gasteiger charge is 2.19. The van der Waals surface area contributed by atoms with Crippen LogP contribution in [-0.4, -0.2) is 53.2 Å². The number of carbonyl (C=O) groups is 1. The number of amides is 1. The molecule has 1 aliphatic rings. The van der Waals surface area contributed by atoms with Crippen LogP contribution in [-0.2, 0) is 11.2 Å². The van der Waals surface area contributed by atoms with Gasteiger partial charge in [0.1, 0.15) is 0 Å². The molecule has 0 radical (unpaired) electrons. The van der Waals surface area contributed by atoms with E-state index in [1.165, 1.54) is 18.4 Å². The number of fused-ring (bicyclic) bond motifs is 1. The number of aromatic nitrogens is 1. The molecule has 5 heteroatoms. The molecule has 0 saturated carbocycles. The van der Waals surface area contributed by atoms with Gasteiger partial charge in [-0.25, -0.2) is 0 Å². The van der Waals surface area contributed by atoms with Gasteiger partial charge in [-0.3, -0.25) is 4.79 Å². The number of rotatable bonds is 6. The molecule has 1 saturated heterocycles. The summed E-state index contributed by atoms with van der Waals surface area (Å²) in [6.07, 6.45) is 4.11. The van der Waals surface area contributed by atoms with Gasteiger partial charge in [-0.05, 0) is 56.0 Å². The van der Waals surface area contributed by atoms with Crippen LogP contribution in [0.2, 0.25) is 0 Å². The van der Waals surface area contributed by atoms with E-state index >= 15 is 0 Å². The van der Waals surface area contributed by atoms with Gasteiger partial charge in [-0.1, -0.05) is 19.1 Å². The van der Waals surface area contributed by atoms with E-state index in [-0.39, 0.29) is 5.91 Å². The lowest BCUT2D eigenvalue weighted by atomic mass is 9.99. The third-order valence-corrected chi connectivity index (χ3v) is 5.23. The molecule has 25 heavy (non-hydrogen) atoms. The van der Waals surface area contributed by atoms with Gasteiger partial charge in [-0.2, -0.15) is 0 Å². The van der Waals surface area contributed by atoms with Gasteiger partial charge in [0.2, 0.25) is 5.91 Å². The minimum atomic E-state index is -0.512. The quantitative estimate of drug-likeness (QED) is 0.753. The van der Waals surface area contributed by atoms with E-state index in [1.54, 1.807) is 0 Å². The second-order valence-corrected chi connectivity index (χ2v) is 7.43. The predicted molar refractivity (Wildman–Crippen MR) is 101 cm³/mol. The first-order valence-electron chi connectivity index (χ1n) is 9.25. The number of benzene rings is 1. The molecule has 1 fully saturated rings. The fourth-order valence-electron chi connectivity index (χ4n) is 3.67. The molecule has 2 heterocycles. The summed E-state index contributed by atoms with van der Waals surface area (Å²) in [4.78, 5) is 17.8. The lowest BCUT2D eigenvalue weighted by molar-refractivity contribution is -0.120. The van der Waals surface area contributed by atoms with Crippen molar-refractivity contribution < 1.29 is 9.90 Å². The number of hydrogen-bond acceptors (Lipinski definition) is 3. The average molecular weight is 343 g/mol. The topological polar surface area (TPSA) is 68.4 Å². The molecule has 5 nitrogen and oxygen atoms in total. The Kier molecular flexibility index (Phi) is 5.76. The maximum absolute atomic E-state index is 12.3. The van der Waals surface area contributed by atoms with Crippen LogP contribution in [0.3, 0.4) is 0 Å². The predicted octanol–water partition coefficient (Wildman–Crippen LogP) is 2.23. The van der Waals surface area contributed by atoms with Crippen molar-refractivity contribution in [1.29, 1.82) is 0 Å². The number of aryl methyl sites for hydroxylation is 1. The van der Waals surface area contributed by atoms with Crippen molar-refractivity contribution in [3.05, 3.63) is 35.5 Å². The number of nitrogens with zero attached hydrogens (tertiary/aromatic N) is 1. The Morgan fingerprint density at radius 1 is 1.40 bits per heavy atom. The first kappa shape index (κ1) is 18.0. The zero-order valence-electron chi connectivity index (χ0n) is 15.2. The Bertz CT molecular complexity index is 717. The number of likely N-dealkylation sites (tertiary alicyclic amines) is 1. The maximum atomic E-state index is 12.3. The van der Waals surface area contributed by atoms with Crippen molar-refractivity contribution in [3.8, 4) is 0 Å². The van der Waals surface area contributed by atoms with Crippen molar-refractivity contribution in [2.24, 2.45) is 5.92 Å². The van der Waals surface area contributed by atoms with Gasteiger partial charge < -0.3 is 20.3 Å². The summed E-state index contributed by atoms with van der Waals surface area (Å²) in [5, 5.41) is 14.2. The first-order chi connectivity index (χ1) is 12.0. The molecular weight excluding hydrogens is 314 g/mol. The molecule has 0 aliphatic carbocycles. The van der Waals surface area contributed by atoms with E-state index in [1.807, 2.05) is 18.3 Å². The summed E-state index contributed by atoms with van der Waals surface area (Å²) >= 11 is 0. The van der Waals surface area contributed by atoms with Gasteiger partial charge in [0.15, 0.2) is 0 Å². The highest BCUT2D eigenvalue weighted by molar-refractivity contribution is 5.91. The van der Waals surface area contributed by atoms with Crippen molar-refractivity contribution in [2.75, 3.05) is 26.2 Å². The van der Waals surface area contributed by atoms with E-state index in [2.05, 4.69) is 35.1 Å². The fourth-order valence-corrected chi connectivity index (χ4v) is 3.67. The standard InChI is InChI=1S/C20H29N3O2/c1-14-6-8-23(9-7-14)13-17(24)12-22-19(25)10-16-11-21-18-5-3-4-15(2)20(16)18/h3-5,11,14,17,21,24H,6-10,12-13H2,1-2H3,(H,22,25). The summed E-state index contributed by atoms with van der Waals surface area (Å²) in [6, 6.07) is 6.09. The molecule has 136 valence electrons. The largest absolute Gasteiger partial charge is 0.390 e. The Morgan fingerprint density at radius 3 is 2.92 bits per heavy atom. The second-order valence-electron chi connectivity index (χ2n) is 7.43. The summed E-state index contributed by atoms with van der Waals surface area (Å²) < 4.78 is 0. The fraction of sp³-hybridized carbons (Fsp3) is 0.550. The summed E-state index contributed by atoms with van der Waals surface area (Å²) in [7, 11) is 0. The van der Waals surface area contributed by atoms with Gasteiger partial charge in [-0.15, -0.1) is 0 Å². The van der Waals surface area contributed by atoms with E-state index in [9.17, 15) is 9.90 Å².